The zero-order valence-corrected chi connectivity index (χ0v) is 9.33. The Balaban J connectivity index is 2.48. The van der Waals surface area contributed by atoms with Crippen LogP contribution in [0.2, 0.25) is 0 Å². The highest BCUT2D eigenvalue weighted by Gasteiger charge is 2.23. The summed E-state index contributed by atoms with van der Waals surface area (Å²) in [5.74, 6) is 0.274. The molecule has 3 nitrogen and oxygen atoms in total. The number of sulfone groups is 1. The summed E-state index contributed by atoms with van der Waals surface area (Å²) in [6.07, 6.45) is 8.53. The van der Waals surface area contributed by atoms with E-state index in [4.69, 9.17) is 0 Å². The second kappa shape index (κ2) is 5.29. The SMILES string of the molecule is CCCCCS(=O)(=O)C1CC=CC=N1. The molecular weight excluding hydrogens is 198 g/mol. The minimum absolute atomic E-state index is 0.274. The minimum atomic E-state index is -3.00. The third-order valence-corrected chi connectivity index (χ3v) is 4.26. The third-order valence-electron chi connectivity index (χ3n) is 2.26. The molecule has 0 saturated heterocycles. The second-order valence-corrected chi connectivity index (χ2v) is 5.77. The fraction of sp³-hybridized carbons (Fsp3) is 0.700. The lowest BCUT2D eigenvalue weighted by Gasteiger charge is -2.13. The van der Waals surface area contributed by atoms with Crippen molar-refractivity contribution in [2.45, 2.75) is 38.0 Å². The smallest absolute Gasteiger partial charge is 0.173 e. The van der Waals surface area contributed by atoms with Crippen molar-refractivity contribution in [1.29, 1.82) is 0 Å². The lowest BCUT2D eigenvalue weighted by atomic mass is 10.3. The molecule has 0 radical (unpaired) electrons. The molecule has 0 fully saturated rings. The minimum Gasteiger partial charge on any atom is -0.273 e. The molecule has 0 aromatic heterocycles. The molecule has 0 aliphatic carbocycles. The molecule has 0 amide bonds. The number of unbranched alkanes of at least 4 members (excludes halogenated alkanes) is 2. The van der Waals surface area contributed by atoms with Gasteiger partial charge in [-0.3, -0.25) is 4.99 Å². The average Bonchev–Trinajstić information content (AvgIpc) is 2.19. The van der Waals surface area contributed by atoms with Crippen LogP contribution in [0.15, 0.2) is 17.1 Å². The van der Waals surface area contributed by atoms with E-state index in [0.717, 1.165) is 19.3 Å². The molecule has 1 unspecified atom stereocenters. The highest BCUT2D eigenvalue weighted by atomic mass is 32.2. The Hall–Kier alpha value is -0.640. The van der Waals surface area contributed by atoms with Crippen LogP contribution in [0.1, 0.15) is 32.6 Å². The van der Waals surface area contributed by atoms with Gasteiger partial charge in [-0.05, 0) is 12.5 Å². The Bertz CT molecular complexity index is 317. The first-order chi connectivity index (χ1) is 6.67. The van der Waals surface area contributed by atoms with E-state index in [0.29, 0.717) is 6.42 Å². The van der Waals surface area contributed by atoms with Crippen LogP contribution in [0.5, 0.6) is 0 Å². The van der Waals surface area contributed by atoms with E-state index in [9.17, 15) is 8.42 Å². The summed E-state index contributed by atoms with van der Waals surface area (Å²) in [6.45, 7) is 2.06. The van der Waals surface area contributed by atoms with Gasteiger partial charge < -0.3 is 0 Å². The first kappa shape index (κ1) is 11.4. The molecule has 0 bridgehead atoms. The normalized spacial score (nSPS) is 21.4. The summed E-state index contributed by atoms with van der Waals surface area (Å²) >= 11 is 0. The molecule has 4 heteroatoms. The van der Waals surface area contributed by atoms with E-state index >= 15 is 0 Å². The summed E-state index contributed by atoms with van der Waals surface area (Å²) in [6, 6.07) is 0. The predicted octanol–water partition coefficient (Wildman–Crippen LogP) is 1.95. The summed E-state index contributed by atoms with van der Waals surface area (Å²) < 4.78 is 23.4. The van der Waals surface area contributed by atoms with Gasteiger partial charge in [-0.2, -0.15) is 0 Å². The number of rotatable bonds is 5. The topological polar surface area (TPSA) is 46.5 Å². The van der Waals surface area contributed by atoms with E-state index in [1.165, 1.54) is 0 Å². The standard InChI is InChI=1S/C10H17NO2S/c1-2-3-6-9-14(12,13)10-7-4-5-8-11-10/h4-5,8,10H,2-3,6-7,9H2,1H3. The summed E-state index contributed by atoms with van der Waals surface area (Å²) in [5.41, 5.74) is 0. The van der Waals surface area contributed by atoms with Gasteiger partial charge in [0.05, 0.1) is 5.75 Å². The maximum absolute atomic E-state index is 11.7. The Morgan fingerprint density at radius 1 is 1.43 bits per heavy atom. The van der Waals surface area contributed by atoms with Crippen LogP contribution in [0.25, 0.3) is 0 Å². The number of allylic oxidation sites excluding steroid dienone is 1. The Kier molecular flexibility index (Phi) is 4.32. The molecule has 14 heavy (non-hydrogen) atoms. The van der Waals surface area contributed by atoms with E-state index in [-0.39, 0.29) is 5.75 Å². The zero-order chi connectivity index (χ0) is 10.4. The third kappa shape index (κ3) is 3.25. The van der Waals surface area contributed by atoms with Crippen LogP contribution >= 0.6 is 0 Å². The van der Waals surface area contributed by atoms with Crippen molar-refractivity contribution >= 4 is 16.1 Å². The van der Waals surface area contributed by atoms with Crippen LogP contribution < -0.4 is 0 Å². The Morgan fingerprint density at radius 2 is 2.21 bits per heavy atom. The first-order valence-electron chi connectivity index (χ1n) is 5.06. The molecular formula is C10H17NO2S. The van der Waals surface area contributed by atoms with Crippen molar-refractivity contribution in [3.63, 3.8) is 0 Å². The maximum atomic E-state index is 11.7. The zero-order valence-electron chi connectivity index (χ0n) is 8.52. The van der Waals surface area contributed by atoms with E-state index in [1.807, 2.05) is 6.08 Å². The predicted molar refractivity (Wildman–Crippen MR) is 59.3 cm³/mol. The number of hydrogen-bond donors (Lipinski definition) is 0. The molecule has 0 N–H and O–H groups in total. The maximum Gasteiger partial charge on any atom is 0.173 e. The fourth-order valence-electron chi connectivity index (χ4n) is 1.39. The second-order valence-electron chi connectivity index (χ2n) is 3.49. The monoisotopic (exact) mass is 215 g/mol. The van der Waals surface area contributed by atoms with Crippen molar-refractivity contribution in [2.24, 2.45) is 4.99 Å². The van der Waals surface area contributed by atoms with E-state index in [2.05, 4.69) is 11.9 Å². The molecule has 0 saturated carbocycles. The summed E-state index contributed by atoms with van der Waals surface area (Å²) in [7, 11) is -3.00. The largest absolute Gasteiger partial charge is 0.273 e. The van der Waals surface area contributed by atoms with Crippen LogP contribution in [0, 0.1) is 0 Å². The fourth-order valence-corrected chi connectivity index (χ4v) is 2.93. The summed E-state index contributed by atoms with van der Waals surface area (Å²) in [5, 5.41) is -0.524. The van der Waals surface area contributed by atoms with Crippen LogP contribution in [-0.2, 0) is 9.84 Å². The van der Waals surface area contributed by atoms with Gasteiger partial charge >= 0.3 is 0 Å². The van der Waals surface area contributed by atoms with E-state index in [1.54, 1.807) is 12.3 Å². The molecule has 1 rings (SSSR count). The number of nitrogens with zero attached hydrogens (tertiary/aromatic N) is 1. The molecule has 1 heterocycles. The van der Waals surface area contributed by atoms with Crippen molar-refractivity contribution < 1.29 is 8.42 Å². The molecule has 0 spiro atoms. The van der Waals surface area contributed by atoms with Gasteiger partial charge in [0.2, 0.25) is 0 Å². The molecule has 0 aromatic rings. The highest BCUT2D eigenvalue weighted by Crippen LogP contribution is 2.14. The number of hydrogen-bond acceptors (Lipinski definition) is 3. The molecule has 80 valence electrons. The lowest BCUT2D eigenvalue weighted by molar-refractivity contribution is 0.576. The Labute approximate surface area is 85.8 Å². The lowest BCUT2D eigenvalue weighted by Crippen LogP contribution is -2.23. The van der Waals surface area contributed by atoms with Gasteiger partial charge in [-0.15, -0.1) is 0 Å². The first-order valence-corrected chi connectivity index (χ1v) is 6.78. The van der Waals surface area contributed by atoms with Gasteiger partial charge in [0.25, 0.3) is 0 Å². The highest BCUT2D eigenvalue weighted by molar-refractivity contribution is 7.92. The van der Waals surface area contributed by atoms with Crippen LogP contribution in [-0.4, -0.2) is 25.8 Å². The van der Waals surface area contributed by atoms with Gasteiger partial charge in [-0.25, -0.2) is 8.42 Å². The molecule has 1 aliphatic heterocycles. The van der Waals surface area contributed by atoms with Gasteiger partial charge in [0.15, 0.2) is 15.2 Å². The van der Waals surface area contributed by atoms with Crippen molar-refractivity contribution in [1.82, 2.24) is 0 Å². The molecule has 1 aliphatic rings. The van der Waals surface area contributed by atoms with Crippen LogP contribution in [0.3, 0.4) is 0 Å². The average molecular weight is 215 g/mol. The molecule has 0 aromatic carbocycles. The number of dihydropyridines is 1. The quantitative estimate of drug-likeness (QED) is 0.658. The van der Waals surface area contributed by atoms with E-state index < -0.39 is 15.2 Å². The van der Waals surface area contributed by atoms with Gasteiger partial charge in [-0.1, -0.05) is 25.8 Å². The van der Waals surface area contributed by atoms with Gasteiger partial charge in [0, 0.05) is 12.6 Å². The van der Waals surface area contributed by atoms with Crippen molar-refractivity contribution in [3.05, 3.63) is 12.2 Å². The number of aliphatic imine (C=N–C) groups is 1. The van der Waals surface area contributed by atoms with Crippen LogP contribution in [0.4, 0.5) is 0 Å². The summed E-state index contributed by atoms with van der Waals surface area (Å²) in [4.78, 5) is 3.98. The van der Waals surface area contributed by atoms with Crippen molar-refractivity contribution in [3.8, 4) is 0 Å². The van der Waals surface area contributed by atoms with Gasteiger partial charge in [0.1, 0.15) is 0 Å². The van der Waals surface area contributed by atoms with Crippen molar-refractivity contribution in [2.75, 3.05) is 5.75 Å². The molecule has 1 atom stereocenters. The Morgan fingerprint density at radius 3 is 2.79 bits per heavy atom.